The molecule has 0 spiro atoms. The van der Waals surface area contributed by atoms with Crippen LogP contribution in [0.1, 0.15) is 5.69 Å². The largest absolute Gasteiger partial charge is 0.399 e. The molecule has 4 heteroatoms. The van der Waals surface area contributed by atoms with Crippen molar-refractivity contribution in [3.63, 3.8) is 0 Å². The van der Waals surface area contributed by atoms with E-state index in [2.05, 4.69) is 4.98 Å². The maximum atomic E-state index is 13.3. The SMILES string of the molecule is Nc1ccnc(CSc2ccccc2F)c1. The summed E-state index contributed by atoms with van der Waals surface area (Å²) in [4.78, 5) is 4.79. The fourth-order valence-corrected chi connectivity index (χ4v) is 2.13. The van der Waals surface area contributed by atoms with Gasteiger partial charge in [0.05, 0.1) is 5.69 Å². The van der Waals surface area contributed by atoms with Crippen LogP contribution in [0.25, 0.3) is 0 Å². The van der Waals surface area contributed by atoms with E-state index >= 15 is 0 Å². The third-order valence-corrected chi connectivity index (χ3v) is 3.14. The summed E-state index contributed by atoms with van der Waals surface area (Å²) in [6.45, 7) is 0. The molecule has 0 aliphatic rings. The van der Waals surface area contributed by atoms with Gasteiger partial charge in [0.2, 0.25) is 0 Å². The Morgan fingerprint density at radius 3 is 2.81 bits per heavy atom. The molecule has 0 saturated heterocycles. The number of pyridine rings is 1. The average molecular weight is 234 g/mol. The minimum atomic E-state index is -0.198. The molecule has 0 atom stereocenters. The zero-order chi connectivity index (χ0) is 11.4. The van der Waals surface area contributed by atoms with Gasteiger partial charge in [-0.15, -0.1) is 11.8 Å². The molecule has 2 nitrogen and oxygen atoms in total. The van der Waals surface area contributed by atoms with Crippen LogP contribution < -0.4 is 5.73 Å². The molecule has 2 aromatic rings. The first-order valence-corrected chi connectivity index (χ1v) is 5.82. The number of thioether (sulfide) groups is 1. The lowest BCUT2D eigenvalue weighted by Crippen LogP contribution is -1.91. The van der Waals surface area contributed by atoms with Crippen LogP contribution in [0.15, 0.2) is 47.5 Å². The van der Waals surface area contributed by atoms with Gasteiger partial charge in [0.15, 0.2) is 0 Å². The Balaban J connectivity index is 2.05. The van der Waals surface area contributed by atoms with Crippen molar-refractivity contribution in [1.82, 2.24) is 4.98 Å². The summed E-state index contributed by atoms with van der Waals surface area (Å²) in [6.07, 6.45) is 1.66. The lowest BCUT2D eigenvalue weighted by molar-refractivity contribution is 0.602. The first kappa shape index (κ1) is 11.0. The lowest BCUT2D eigenvalue weighted by atomic mass is 10.3. The highest BCUT2D eigenvalue weighted by atomic mass is 32.2. The minimum absolute atomic E-state index is 0.198. The van der Waals surface area contributed by atoms with E-state index in [4.69, 9.17) is 5.73 Å². The standard InChI is InChI=1S/C12H11FN2S/c13-11-3-1-2-4-12(11)16-8-10-7-9(14)5-6-15-10/h1-7H,8H2,(H2,14,15). The highest BCUT2D eigenvalue weighted by Gasteiger charge is 2.02. The van der Waals surface area contributed by atoms with Crippen molar-refractivity contribution in [2.75, 3.05) is 5.73 Å². The van der Waals surface area contributed by atoms with Gasteiger partial charge in [-0.3, -0.25) is 4.98 Å². The molecule has 2 rings (SSSR count). The van der Waals surface area contributed by atoms with Gasteiger partial charge in [-0.1, -0.05) is 12.1 Å². The Bertz CT molecular complexity index is 488. The number of nitrogens with two attached hydrogens (primary N) is 1. The van der Waals surface area contributed by atoms with Gasteiger partial charge in [0, 0.05) is 22.5 Å². The molecule has 0 saturated carbocycles. The highest BCUT2D eigenvalue weighted by Crippen LogP contribution is 2.24. The van der Waals surface area contributed by atoms with Gasteiger partial charge < -0.3 is 5.73 Å². The van der Waals surface area contributed by atoms with E-state index in [9.17, 15) is 4.39 Å². The molecular formula is C12H11FN2S. The van der Waals surface area contributed by atoms with E-state index < -0.39 is 0 Å². The number of hydrogen-bond donors (Lipinski definition) is 1. The monoisotopic (exact) mass is 234 g/mol. The van der Waals surface area contributed by atoms with Crippen LogP contribution in [-0.2, 0) is 5.75 Å². The fraction of sp³-hybridized carbons (Fsp3) is 0.0833. The molecule has 1 aromatic carbocycles. The van der Waals surface area contributed by atoms with Crippen LogP contribution in [0.2, 0.25) is 0 Å². The second-order valence-corrected chi connectivity index (χ2v) is 4.32. The van der Waals surface area contributed by atoms with E-state index in [0.29, 0.717) is 16.3 Å². The third-order valence-electron chi connectivity index (χ3n) is 2.05. The Labute approximate surface area is 97.7 Å². The zero-order valence-electron chi connectivity index (χ0n) is 8.56. The quantitative estimate of drug-likeness (QED) is 0.829. The Kier molecular flexibility index (Phi) is 3.41. The molecule has 1 aromatic heterocycles. The summed E-state index contributed by atoms with van der Waals surface area (Å²) in [6, 6.07) is 10.2. The number of rotatable bonds is 3. The van der Waals surface area contributed by atoms with Crippen molar-refractivity contribution in [1.29, 1.82) is 0 Å². The number of nitrogen functional groups attached to an aromatic ring is 1. The van der Waals surface area contributed by atoms with Crippen molar-refractivity contribution in [3.8, 4) is 0 Å². The van der Waals surface area contributed by atoms with Crippen LogP contribution in [0.4, 0.5) is 10.1 Å². The normalized spacial score (nSPS) is 10.3. The van der Waals surface area contributed by atoms with E-state index in [-0.39, 0.29) is 5.82 Å². The maximum Gasteiger partial charge on any atom is 0.136 e. The van der Waals surface area contributed by atoms with E-state index in [1.165, 1.54) is 17.8 Å². The number of anilines is 1. The van der Waals surface area contributed by atoms with E-state index in [1.54, 1.807) is 30.5 Å². The van der Waals surface area contributed by atoms with E-state index in [0.717, 1.165) is 5.69 Å². The van der Waals surface area contributed by atoms with Gasteiger partial charge in [0.25, 0.3) is 0 Å². The molecule has 82 valence electrons. The van der Waals surface area contributed by atoms with Crippen LogP contribution in [0.5, 0.6) is 0 Å². The van der Waals surface area contributed by atoms with Crippen LogP contribution in [-0.4, -0.2) is 4.98 Å². The van der Waals surface area contributed by atoms with Gasteiger partial charge >= 0.3 is 0 Å². The molecule has 1 heterocycles. The predicted molar refractivity (Wildman–Crippen MR) is 64.6 cm³/mol. The lowest BCUT2D eigenvalue weighted by Gasteiger charge is -2.03. The minimum Gasteiger partial charge on any atom is -0.399 e. The van der Waals surface area contributed by atoms with Gasteiger partial charge in [0.1, 0.15) is 5.82 Å². The Morgan fingerprint density at radius 2 is 2.06 bits per heavy atom. The second kappa shape index (κ2) is 4.99. The van der Waals surface area contributed by atoms with Crippen molar-refractivity contribution < 1.29 is 4.39 Å². The first-order chi connectivity index (χ1) is 7.75. The van der Waals surface area contributed by atoms with Crippen molar-refractivity contribution in [2.24, 2.45) is 0 Å². The molecule has 0 unspecified atom stereocenters. The van der Waals surface area contributed by atoms with Crippen molar-refractivity contribution >= 4 is 17.4 Å². The smallest absolute Gasteiger partial charge is 0.136 e. The Morgan fingerprint density at radius 1 is 1.25 bits per heavy atom. The average Bonchev–Trinajstić information content (AvgIpc) is 2.28. The number of halogens is 1. The Hall–Kier alpha value is -1.55. The molecule has 0 aliphatic carbocycles. The number of benzene rings is 1. The predicted octanol–water partition coefficient (Wildman–Crippen LogP) is 3.10. The first-order valence-electron chi connectivity index (χ1n) is 4.83. The van der Waals surface area contributed by atoms with Gasteiger partial charge in [-0.2, -0.15) is 0 Å². The van der Waals surface area contributed by atoms with Crippen LogP contribution >= 0.6 is 11.8 Å². The highest BCUT2D eigenvalue weighted by molar-refractivity contribution is 7.98. The zero-order valence-corrected chi connectivity index (χ0v) is 9.38. The molecular weight excluding hydrogens is 223 g/mol. The summed E-state index contributed by atoms with van der Waals surface area (Å²) in [5, 5.41) is 0. The third kappa shape index (κ3) is 2.73. The molecule has 0 bridgehead atoms. The molecule has 0 amide bonds. The molecule has 0 fully saturated rings. The summed E-state index contributed by atoms with van der Waals surface area (Å²) >= 11 is 1.42. The molecule has 0 aliphatic heterocycles. The van der Waals surface area contributed by atoms with Crippen molar-refractivity contribution in [3.05, 3.63) is 54.1 Å². The topological polar surface area (TPSA) is 38.9 Å². The molecule has 2 N–H and O–H groups in total. The number of aromatic nitrogens is 1. The van der Waals surface area contributed by atoms with Crippen molar-refractivity contribution in [2.45, 2.75) is 10.6 Å². The maximum absolute atomic E-state index is 13.3. The summed E-state index contributed by atoms with van der Waals surface area (Å²) in [5.41, 5.74) is 7.17. The van der Waals surface area contributed by atoms with Crippen LogP contribution in [0.3, 0.4) is 0 Å². The number of nitrogens with zero attached hydrogens (tertiary/aromatic N) is 1. The van der Waals surface area contributed by atoms with E-state index in [1.807, 2.05) is 6.07 Å². The van der Waals surface area contributed by atoms with Gasteiger partial charge in [-0.25, -0.2) is 4.39 Å². The van der Waals surface area contributed by atoms with Crippen LogP contribution in [0, 0.1) is 5.82 Å². The fourth-order valence-electron chi connectivity index (χ4n) is 1.29. The second-order valence-electron chi connectivity index (χ2n) is 3.30. The summed E-state index contributed by atoms with van der Waals surface area (Å²) in [7, 11) is 0. The van der Waals surface area contributed by atoms with Gasteiger partial charge in [-0.05, 0) is 24.3 Å². The summed E-state index contributed by atoms with van der Waals surface area (Å²) in [5.74, 6) is 0.419. The molecule has 16 heavy (non-hydrogen) atoms. The summed E-state index contributed by atoms with van der Waals surface area (Å²) < 4.78 is 13.3. The number of hydrogen-bond acceptors (Lipinski definition) is 3. The molecule has 0 radical (unpaired) electrons.